The third kappa shape index (κ3) is 4.82. The first-order valence-corrected chi connectivity index (χ1v) is 11.9. The second-order valence-electron chi connectivity index (χ2n) is 9.09. The number of pyridine rings is 1. The summed E-state index contributed by atoms with van der Waals surface area (Å²) in [6, 6.07) is 16.4. The van der Waals surface area contributed by atoms with Crippen molar-refractivity contribution in [1.82, 2.24) is 10.3 Å². The first kappa shape index (κ1) is 23.2. The SMILES string of the molecule is COC(=O)c1ccc(C2(NC(=O)c3cc(C)cnc3N3CC(Oc4cccc(Cl)c4)C3)CC2)cc1. The van der Waals surface area contributed by atoms with Crippen LogP contribution in [0.15, 0.2) is 60.8 Å². The third-order valence-corrected chi connectivity index (χ3v) is 6.69. The van der Waals surface area contributed by atoms with E-state index in [2.05, 4.69) is 10.3 Å². The number of nitrogens with one attached hydrogen (secondary N) is 1. The molecule has 8 heteroatoms. The molecule has 1 saturated heterocycles. The van der Waals surface area contributed by atoms with E-state index in [0.29, 0.717) is 35.1 Å². The minimum absolute atomic E-state index is 0.00409. The Morgan fingerprint density at radius 2 is 1.86 bits per heavy atom. The van der Waals surface area contributed by atoms with Crippen molar-refractivity contribution in [3.63, 3.8) is 0 Å². The van der Waals surface area contributed by atoms with Crippen LogP contribution in [-0.2, 0) is 10.3 Å². The predicted octanol–water partition coefficient (Wildman–Crippen LogP) is 4.52. The second-order valence-corrected chi connectivity index (χ2v) is 9.53. The molecule has 35 heavy (non-hydrogen) atoms. The van der Waals surface area contributed by atoms with Crippen molar-refractivity contribution in [2.24, 2.45) is 0 Å². The topological polar surface area (TPSA) is 80.8 Å². The van der Waals surface area contributed by atoms with Gasteiger partial charge in [0, 0.05) is 11.2 Å². The molecule has 0 bridgehead atoms. The Kier molecular flexibility index (Phi) is 6.11. The molecule has 2 aliphatic rings. The number of aromatic nitrogens is 1. The lowest BCUT2D eigenvalue weighted by Gasteiger charge is -2.40. The molecule has 1 aliphatic carbocycles. The van der Waals surface area contributed by atoms with Crippen molar-refractivity contribution in [2.75, 3.05) is 25.1 Å². The maximum Gasteiger partial charge on any atom is 0.337 e. The minimum atomic E-state index is -0.431. The quantitative estimate of drug-likeness (QED) is 0.489. The molecule has 1 aromatic heterocycles. The highest BCUT2D eigenvalue weighted by molar-refractivity contribution is 6.30. The molecule has 0 atom stereocenters. The molecule has 1 saturated carbocycles. The van der Waals surface area contributed by atoms with E-state index in [9.17, 15) is 9.59 Å². The summed E-state index contributed by atoms with van der Waals surface area (Å²) in [7, 11) is 1.36. The number of rotatable bonds is 7. The lowest BCUT2D eigenvalue weighted by Crippen LogP contribution is -2.55. The van der Waals surface area contributed by atoms with Crippen molar-refractivity contribution < 1.29 is 19.1 Å². The number of halogens is 1. The Bertz CT molecular complexity index is 1270. The molecule has 7 nitrogen and oxygen atoms in total. The molecule has 1 aliphatic heterocycles. The highest BCUT2D eigenvalue weighted by Gasteiger charge is 2.46. The van der Waals surface area contributed by atoms with Crippen LogP contribution in [0, 0.1) is 6.92 Å². The zero-order valence-corrected chi connectivity index (χ0v) is 20.3. The van der Waals surface area contributed by atoms with Crippen LogP contribution < -0.4 is 15.0 Å². The van der Waals surface area contributed by atoms with E-state index in [1.54, 1.807) is 24.4 Å². The van der Waals surface area contributed by atoms with Gasteiger partial charge in [0.2, 0.25) is 0 Å². The van der Waals surface area contributed by atoms with E-state index in [-0.39, 0.29) is 18.0 Å². The smallest absolute Gasteiger partial charge is 0.337 e. The summed E-state index contributed by atoms with van der Waals surface area (Å²) < 4.78 is 10.8. The molecule has 0 spiro atoms. The maximum absolute atomic E-state index is 13.4. The Morgan fingerprint density at radius 1 is 1.11 bits per heavy atom. The third-order valence-electron chi connectivity index (χ3n) is 6.46. The van der Waals surface area contributed by atoms with Gasteiger partial charge in [0.15, 0.2) is 0 Å². The van der Waals surface area contributed by atoms with Gasteiger partial charge in [-0.15, -0.1) is 0 Å². The van der Waals surface area contributed by atoms with Gasteiger partial charge >= 0.3 is 5.97 Å². The molecule has 1 amide bonds. The van der Waals surface area contributed by atoms with E-state index >= 15 is 0 Å². The van der Waals surface area contributed by atoms with Crippen LogP contribution in [0.25, 0.3) is 0 Å². The number of amides is 1. The van der Waals surface area contributed by atoms with Crippen molar-refractivity contribution in [2.45, 2.75) is 31.4 Å². The van der Waals surface area contributed by atoms with Crippen molar-refractivity contribution >= 4 is 29.3 Å². The summed E-state index contributed by atoms with van der Waals surface area (Å²) in [6.07, 6.45) is 3.44. The van der Waals surface area contributed by atoms with Gasteiger partial charge in [-0.05, 0) is 67.3 Å². The zero-order valence-electron chi connectivity index (χ0n) is 19.6. The molecule has 2 fully saturated rings. The molecule has 180 valence electrons. The van der Waals surface area contributed by atoms with Crippen molar-refractivity contribution in [3.05, 3.63) is 88.1 Å². The molecule has 0 radical (unpaired) electrons. The summed E-state index contributed by atoms with van der Waals surface area (Å²) in [5.41, 5.74) is 2.48. The normalized spacial score (nSPS) is 16.3. The predicted molar refractivity (Wildman–Crippen MR) is 133 cm³/mol. The van der Waals surface area contributed by atoms with E-state index in [1.807, 2.05) is 48.2 Å². The van der Waals surface area contributed by atoms with Gasteiger partial charge in [-0.1, -0.05) is 29.8 Å². The average Bonchev–Trinajstić information content (AvgIpc) is 3.61. The Morgan fingerprint density at radius 3 is 2.51 bits per heavy atom. The fourth-order valence-electron chi connectivity index (χ4n) is 4.34. The van der Waals surface area contributed by atoms with Gasteiger partial charge in [-0.25, -0.2) is 9.78 Å². The molecule has 2 heterocycles. The number of anilines is 1. The van der Waals surface area contributed by atoms with Crippen LogP contribution >= 0.6 is 11.6 Å². The largest absolute Gasteiger partial charge is 0.487 e. The van der Waals surface area contributed by atoms with Gasteiger partial charge < -0.3 is 19.7 Å². The second kappa shape index (κ2) is 9.23. The molecule has 0 unspecified atom stereocenters. The first-order chi connectivity index (χ1) is 16.9. The molecule has 5 rings (SSSR count). The number of hydrogen-bond donors (Lipinski definition) is 1. The maximum atomic E-state index is 13.4. The molecular formula is C27H26ClN3O4. The summed E-state index contributed by atoms with van der Waals surface area (Å²) >= 11 is 6.05. The fraction of sp³-hybridized carbons (Fsp3) is 0.296. The number of carbonyl (C=O) groups excluding carboxylic acids is 2. The Labute approximate surface area is 209 Å². The summed E-state index contributed by atoms with van der Waals surface area (Å²) in [4.78, 5) is 31.8. The van der Waals surface area contributed by atoms with Gasteiger partial charge in [0.05, 0.1) is 36.9 Å². The molecule has 1 N–H and O–H groups in total. The molecule has 2 aromatic carbocycles. The van der Waals surface area contributed by atoms with Crippen molar-refractivity contribution in [1.29, 1.82) is 0 Å². The Hall–Kier alpha value is -3.58. The van der Waals surface area contributed by atoms with Gasteiger partial charge in [-0.3, -0.25) is 4.79 Å². The standard InChI is InChI=1S/C27H26ClN3O4/c1-17-12-23(24(29-14-17)31-15-22(16-31)35-21-5-3-4-20(28)13-21)25(32)30-27(10-11-27)19-8-6-18(7-9-19)26(33)34-2/h3-9,12-14,22H,10-11,15-16H2,1-2H3,(H,30,32). The summed E-state index contributed by atoms with van der Waals surface area (Å²) in [5, 5.41) is 3.85. The number of ether oxygens (including phenoxy) is 2. The zero-order chi connectivity index (χ0) is 24.6. The minimum Gasteiger partial charge on any atom is -0.487 e. The lowest BCUT2D eigenvalue weighted by molar-refractivity contribution is 0.0600. The number of carbonyl (C=O) groups is 2. The van der Waals surface area contributed by atoms with Crippen LogP contribution in [0.4, 0.5) is 5.82 Å². The number of esters is 1. The number of nitrogens with zero attached hydrogens (tertiary/aromatic N) is 2. The van der Waals surface area contributed by atoms with Crippen LogP contribution in [0.2, 0.25) is 5.02 Å². The highest BCUT2D eigenvalue weighted by atomic mass is 35.5. The fourth-order valence-corrected chi connectivity index (χ4v) is 4.52. The first-order valence-electron chi connectivity index (χ1n) is 11.5. The highest BCUT2D eigenvalue weighted by Crippen LogP contribution is 2.46. The number of methoxy groups -OCH3 is 1. The number of hydrogen-bond acceptors (Lipinski definition) is 6. The van der Waals surface area contributed by atoms with E-state index in [4.69, 9.17) is 21.1 Å². The van der Waals surface area contributed by atoms with E-state index in [1.165, 1.54) is 7.11 Å². The number of aryl methyl sites for hydroxylation is 1. The van der Waals surface area contributed by atoms with Crippen LogP contribution in [0.1, 0.15) is 44.7 Å². The molecular weight excluding hydrogens is 466 g/mol. The average molecular weight is 492 g/mol. The van der Waals surface area contributed by atoms with E-state index in [0.717, 1.165) is 29.7 Å². The Balaban J connectivity index is 1.29. The van der Waals surface area contributed by atoms with Crippen LogP contribution in [0.5, 0.6) is 5.75 Å². The van der Waals surface area contributed by atoms with Crippen molar-refractivity contribution in [3.8, 4) is 5.75 Å². The van der Waals surface area contributed by atoms with Gasteiger partial charge in [0.25, 0.3) is 5.91 Å². The number of benzene rings is 2. The van der Waals surface area contributed by atoms with Crippen LogP contribution in [-0.4, -0.2) is 43.2 Å². The van der Waals surface area contributed by atoms with E-state index < -0.39 is 5.54 Å². The van der Waals surface area contributed by atoms with Gasteiger partial charge in [0.1, 0.15) is 17.7 Å². The van der Waals surface area contributed by atoms with Gasteiger partial charge in [-0.2, -0.15) is 0 Å². The molecule has 3 aromatic rings. The summed E-state index contributed by atoms with van der Waals surface area (Å²) in [6.45, 7) is 3.18. The van der Waals surface area contributed by atoms with Crippen LogP contribution in [0.3, 0.4) is 0 Å². The summed E-state index contributed by atoms with van der Waals surface area (Å²) in [5.74, 6) is 0.833. The lowest BCUT2D eigenvalue weighted by atomic mass is 10.0. The monoisotopic (exact) mass is 491 g/mol.